The molecular formula is C13H18F2O. The Morgan fingerprint density at radius 1 is 1.31 bits per heavy atom. The van der Waals surface area contributed by atoms with E-state index in [2.05, 4.69) is 0 Å². The van der Waals surface area contributed by atoms with Crippen molar-refractivity contribution >= 4 is 0 Å². The molecule has 90 valence electrons. The van der Waals surface area contributed by atoms with Gasteiger partial charge >= 0.3 is 0 Å². The molecule has 0 unspecified atom stereocenters. The Kier molecular flexibility index (Phi) is 4.42. The van der Waals surface area contributed by atoms with E-state index in [0.717, 1.165) is 5.56 Å². The van der Waals surface area contributed by atoms with Crippen molar-refractivity contribution in [3.63, 3.8) is 0 Å². The lowest BCUT2D eigenvalue weighted by Crippen LogP contribution is -2.16. The number of rotatable bonds is 5. The first-order valence-corrected chi connectivity index (χ1v) is 5.54. The van der Waals surface area contributed by atoms with E-state index in [4.69, 9.17) is 5.11 Å². The van der Waals surface area contributed by atoms with Crippen LogP contribution in [0.5, 0.6) is 0 Å². The largest absolute Gasteiger partial charge is 0.396 e. The molecule has 16 heavy (non-hydrogen) atoms. The molecule has 1 N–H and O–H groups in total. The summed E-state index contributed by atoms with van der Waals surface area (Å²) in [6.45, 7) is 3.55. The van der Waals surface area contributed by atoms with E-state index in [0.29, 0.717) is 6.42 Å². The number of aliphatic hydroxyl groups is 1. The topological polar surface area (TPSA) is 20.2 Å². The summed E-state index contributed by atoms with van der Waals surface area (Å²) < 4.78 is 27.5. The van der Waals surface area contributed by atoms with E-state index in [-0.39, 0.29) is 24.5 Å². The summed E-state index contributed by atoms with van der Waals surface area (Å²) >= 11 is 0. The molecule has 1 nitrogen and oxygen atoms in total. The van der Waals surface area contributed by atoms with Crippen LogP contribution in [0.25, 0.3) is 0 Å². The van der Waals surface area contributed by atoms with Gasteiger partial charge in [-0.1, -0.05) is 32.0 Å². The molecule has 0 aromatic heterocycles. The third-order valence-electron chi connectivity index (χ3n) is 2.41. The fourth-order valence-electron chi connectivity index (χ4n) is 1.71. The highest BCUT2D eigenvalue weighted by Gasteiger charge is 2.32. The Morgan fingerprint density at radius 3 is 2.56 bits per heavy atom. The minimum Gasteiger partial charge on any atom is -0.396 e. The number of hydrogen-bond acceptors (Lipinski definition) is 1. The number of halogens is 2. The normalized spacial score (nSPS) is 12.1. The minimum atomic E-state index is -2.78. The molecule has 0 spiro atoms. The van der Waals surface area contributed by atoms with Gasteiger partial charge in [0.25, 0.3) is 5.92 Å². The van der Waals surface area contributed by atoms with Crippen LogP contribution in [0.3, 0.4) is 0 Å². The highest BCUT2D eigenvalue weighted by atomic mass is 19.3. The number of alkyl halides is 2. The van der Waals surface area contributed by atoms with Crippen LogP contribution < -0.4 is 0 Å². The lowest BCUT2D eigenvalue weighted by molar-refractivity contribution is -0.0250. The lowest BCUT2D eigenvalue weighted by Gasteiger charge is -2.19. The summed E-state index contributed by atoms with van der Waals surface area (Å²) in [5.41, 5.74) is 0.801. The molecule has 0 aliphatic heterocycles. The second-order valence-electron chi connectivity index (χ2n) is 4.48. The van der Waals surface area contributed by atoms with E-state index >= 15 is 0 Å². The van der Waals surface area contributed by atoms with Gasteiger partial charge in [-0.3, -0.25) is 0 Å². The summed E-state index contributed by atoms with van der Waals surface area (Å²) in [6.07, 6.45) is 0.279. The minimum absolute atomic E-state index is 0.0147. The van der Waals surface area contributed by atoms with Gasteiger partial charge in [-0.2, -0.15) is 0 Å². The third-order valence-corrected chi connectivity index (χ3v) is 2.41. The van der Waals surface area contributed by atoms with Gasteiger partial charge in [-0.05, 0) is 24.0 Å². The molecule has 0 fully saturated rings. The number of aliphatic hydroxyl groups excluding tert-OH is 1. The Balaban J connectivity index is 2.89. The SMILES string of the molecule is CC(C)CC(F)(F)c1cccc(CCO)c1. The predicted molar refractivity (Wildman–Crippen MR) is 60.6 cm³/mol. The average molecular weight is 228 g/mol. The van der Waals surface area contributed by atoms with Crippen LogP contribution in [0.15, 0.2) is 24.3 Å². The van der Waals surface area contributed by atoms with Crippen LogP contribution >= 0.6 is 0 Å². The maximum absolute atomic E-state index is 13.8. The fourth-order valence-corrected chi connectivity index (χ4v) is 1.71. The molecule has 1 rings (SSSR count). The summed E-state index contributed by atoms with van der Waals surface area (Å²) in [5, 5.41) is 8.77. The zero-order valence-electron chi connectivity index (χ0n) is 9.71. The molecule has 3 heteroatoms. The monoisotopic (exact) mass is 228 g/mol. The molecule has 0 bridgehead atoms. The van der Waals surface area contributed by atoms with Crippen molar-refractivity contribution in [2.45, 2.75) is 32.6 Å². The number of benzene rings is 1. The summed E-state index contributed by atoms with van der Waals surface area (Å²) in [5.74, 6) is -2.82. The molecule has 0 heterocycles. The van der Waals surface area contributed by atoms with Crippen molar-refractivity contribution in [3.8, 4) is 0 Å². The average Bonchev–Trinajstić information content (AvgIpc) is 2.16. The van der Waals surface area contributed by atoms with Gasteiger partial charge in [0.1, 0.15) is 0 Å². The van der Waals surface area contributed by atoms with Gasteiger partial charge in [0.05, 0.1) is 0 Å². The summed E-state index contributed by atoms with van der Waals surface area (Å²) in [6, 6.07) is 6.31. The van der Waals surface area contributed by atoms with Gasteiger partial charge in [0.2, 0.25) is 0 Å². The quantitative estimate of drug-likeness (QED) is 0.819. The lowest BCUT2D eigenvalue weighted by atomic mass is 9.96. The molecule has 0 aliphatic rings. The smallest absolute Gasteiger partial charge is 0.273 e. The zero-order valence-corrected chi connectivity index (χ0v) is 9.71. The molecule has 0 amide bonds. The molecule has 0 saturated heterocycles. The molecule has 0 aliphatic carbocycles. The first-order chi connectivity index (χ1) is 7.45. The van der Waals surface area contributed by atoms with E-state index in [1.807, 2.05) is 0 Å². The standard InChI is InChI=1S/C13H18F2O/c1-10(2)9-13(14,15)12-5-3-4-11(8-12)6-7-16/h3-5,8,10,16H,6-7,9H2,1-2H3. The number of hydrogen-bond donors (Lipinski definition) is 1. The van der Waals surface area contributed by atoms with Crippen molar-refractivity contribution < 1.29 is 13.9 Å². The van der Waals surface area contributed by atoms with Crippen LogP contribution in [0, 0.1) is 5.92 Å². The zero-order chi connectivity index (χ0) is 12.2. The summed E-state index contributed by atoms with van der Waals surface area (Å²) in [4.78, 5) is 0. The highest BCUT2D eigenvalue weighted by molar-refractivity contribution is 5.27. The summed E-state index contributed by atoms with van der Waals surface area (Å²) in [7, 11) is 0. The Labute approximate surface area is 95.1 Å². The fraction of sp³-hybridized carbons (Fsp3) is 0.538. The molecule has 0 atom stereocenters. The van der Waals surface area contributed by atoms with Gasteiger partial charge in [-0.25, -0.2) is 8.78 Å². The van der Waals surface area contributed by atoms with Crippen LogP contribution in [0.4, 0.5) is 8.78 Å². The third kappa shape index (κ3) is 3.56. The Hall–Kier alpha value is -0.960. The molecule has 1 aromatic rings. The van der Waals surface area contributed by atoms with Gasteiger partial charge in [-0.15, -0.1) is 0 Å². The van der Waals surface area contributed by atoms with Crippen LogP contribution in [-0.4, -0.2) is 11.7 Å². The van der Waals surface area contributed by atoms with E-state index in [1.165, 1.54) is 12.1 Å². The van der Waals surface area contributed by atoms with E-state index < -0.39 is 5.92 Å². The van der Waals surface area contributed by atoms with E-state index in [1.54, 1.807) is 26.0 Å². The molecular weight excluding hydrogens is 210 g/mol. The van der Waals surface area contributed by atoms with Gasteiger partial charge in [0, 0.05) is 18.6 Å². The van der Waals surface area contributed by atoms with Crippen molar-refractivity contribution in [1.29, 1.82) is 0 Å². The molecule has 0 radical (unpaired) electrons. The maximum Gasteiger partial charge on any atom is 0.273 e. The highest BCUT2D eigenvalue weighted by Crippen LogP contribution is 2.34. The second-order valence-corrected chi connectivity index (χ2v) is 4.48. The van der Waals surface area contributed by atoms with Crippen molar-refractivity contribution in [2.75, 3.05) is 6.61 Å². The van der Waals surface area contributed by atoms with Crippen LogP contribution in [-0.2, 0) is 12.3 Å². The molecule has 1 aromatic carbocycles. The first kappa shape index (κ1) is 13.1. The van der Waals surface area contributed by atoms with Crippen molar-refractivity contribution in [3.05, 3.63) is 35.4 Å². The van der Waals surface area contributed by atoms with Crippen molar-refractivity contribution in [1.82, 2.24) is 0 Å². The molecule has 0 saturated carbocycles. The van der Waals surface area contributed by atoms with E-state index in [9.17, 15) is 8.78 Å². The predicted octanol–water partition coefficient (Wildman–Crippen LogP) is 3.36. The van der Waals surface area contributed by atoms with Gasteiger partial charge < -0.3 is 5.11 Å². The Bertz CT molecular complexity index is 334. The maximum atomic E-state index is 13.8. The second kappa shape index (κ2) is 5.39. The van der Waals surface area contributed by atoms with Gasteiger partial charge in [0.15, 0.2) is 0 Å². The van der Waals surface area contributed by atoms with Crippen molar-refractivity contribution in [2.24, 2.45) is 5.92 Å². The van der Waals surface area contributed by atoms with Crippen LogP contribution in [0.1, 0.15) is 31.4 Å². The van der Waals surface area contributed by atoms with Crippen LogP contribution in [0.2, 0.25) is 0 Å². The first-order valence-electron chi connectivity index (χ1n) is 5.54. The Morgan fingerprint density at radius 2 is 2.00 bits per heavy atom.